The predicted octanol–water partition coefficient (Wildman–Crippen LogP) is 1.53. The largest absolute Gasteiger partial charge is 0.389 e. The average molecular weight is 256 g/mol. The Labute approximate surface area is 111 Å². The topological polar surface area (TPSA) is 52.6 Å². The van der Waals surface area contributed by atoms with Crippen LogP contribution in [0.2, 0.25) is 0 Å². The van der Waals surface area contributed by atoms with E-state index >= 15 is 0 Å². The number of likely N-dealkylation sites (N-methyl/N-ethyl adjacent to an activating group) is 1. The zero-order valence-electron chi connectivity index (χ0n) is 12.0. The van der Waals surface area contributed by atoms with Gasteiger partial charge in [0.05, 0.1) is 12.1 Å². The number of carbonyl (C=O) groups excluding carboxylic acids is 1. The second-order valence-electron chi connectivity index (χ2n) is 5.84. The summed E-state index contributed by atoms with van der Waals surface area (Å²) in [4.78, 5) is 13.5. The first-order valence-electron chi connectivity index (χ1n) is 7.13. The molecule has 0 aromatic rings. The van der Waals surface area contributed by atoms with Crippen LogP contribution in [0.5, 0.6) is 0 Å². The minimum atomic E-state index is -0.604. The van der Waals surface area contributed by atoms with E-state index in [1.54, 1.807) is 4.90 Å². The van der Waals surface area contributed by atoms with Crippen LogP contribution in [0.1, 0.15) is 52.4 Å². The van der Waals surface area contributed by atoms with Gasteiger partial charge in [-0.1, -0.05) is 25.7 Å². The second-order valence-corrected chi connectivity index (χ2v) is 5.84. The van der Waals surface area contributed by atoms with Gasteiger partial charge in [0.2, 0.25) is 5.91 Å². The molecule has 106 valence electrons. The van der Waals surface area contributed by atoms with Gasteiger partial charge in [-0.15, -0.1) is 0 Å². The SMILES string of the molecule is CC(C)N(C)C(=O)CNCC1(O)CCCCCC1. The van der Waals surface area contributed by atoms with Crippen molar-refractivity contribution < 1.29 is 9.90 Å². The van der Waals surface area contributed by atoms with Gasteiger partial charge in [0, 0.05) is 19.6 Å². The molecule has 0 heterocycles. The van der Waals surface area contributed by atoms with Crippen LogP contribution in [0.25, 0.3) is 0 Å². The lowest BCUT2D eigenvalue weighted by atomic mass is 9.94. The molecule has 0 unspecified atom stereocenters. The van der Waals surface area contributed by atoms with Gasteiger partial charge in [-0.2, -0.15) is 0 Å². The lowest BCUT2D eigenvalue weighted by Gasteiger charge is -2.28. The third kappa shape index (κ3) is 4.94. The van der Waals surface area contributed by atoms with Gasteiger partial charge in [0.25, 0.3) is 0 Å². The van der Waals surface area contributed by atoms with Gasteiger partial charge < -0.3 is 15.3 Å². The van der Waals surface area contributed by atoms with Crippen LogP contribution < -0.4 is 5.32 Å². The maximum Gasteiger partial charge on any atom is 0.236 e. The molecule has 0 spiro atoms. The quantitative estimate of drug-likeness (QED) is 0.733. The van der Waals surface area contributed by atoms with E-state index in [-0.39, 0.29) is 11.9 Å². The molecule has 1 aliphatic carbocycles. The number of aliphatic hydroxyl groups is 1. The van der Waals surface area contributed by atoms with Crippen molar-refractivity contribution in [3.8, 4) is 0 Å². The highest BCUT2D eigenvalue weighted by Crippen LogP contribution is 2.26. The van der Waals surface area contributed by atoms with Crippen LogP contribution in [-0.2, 0) is 4.79 Å². The van der Waals surface area contributed by atoms with Crippen molar-refractivity contribution in [2.24, 2.45) is 0 Å². The molecule has 0 atom stereocenters. The fourth-order valence-electron chi connectivity index (χ4n) is 2.38. The van der Waals surface area contributed by atoms with Crippen molar-refractivity contribution in [1.29, 1.82) is 0 Å². The van der Waals surface area contributed by atoms with Gasteiger partial charge in [0.15, 0.2) is 0 Å². The summed E-state index contributed by atoms with van der Waals surface area (Å²) in [6.07, 6.45) is 6.34. The molecule has 4 nitrogen and oxygen atoms in total. The first kappa shape index (κ1) is 15.4. The summed E-state index contributed by atoms with van der Waals surface area (Å²) in [5, 5.41) is 13.5. The summed E-state index contributed by atoms with van der Waals surface area (Å²) < 4.78 is 0. The summed E-state index contributed by atoms with van der Waals surface area (Å²) in [5.41, 5.74) is -0.604. The van der Waals surface area contributed by atoms with E-state index < -0.39 is 5.60 Å². The normalized spacial score (nSPS) is 19.6. The molecule has 0 aromatic carbocycles. The summed E-state index contributed by atoms with van der Waals surface area (Å²) >= 11 is 0. The minimum absolute atomic E-state index is 0.0854. The Bertz CT molecular complexity index is 259. The van der Waals surface area contributed by atoms with Crippen LogP contribution in [0.4, 0.5) is 0 Å². The summed E-state index contributed by atoms with van der Waals surface area (Å²) in [7, 11) is 1.81. The lowest BCUT2D eigenvalue weighted by molar-refractivity contribution is -0.130. The number of rotatable bonds is 5. The second kappa shape index (κ2) is 7.10. The van der Waals surface area contributed by atoms with Crippen LogP contribution in [0, 0.1) is 0 Å². The third-order valence-electron chi connectivity index (χ3n) is 3.93. The smallest absolute Gasteiger partial charge is 0.236 e. The highest BCUT2D eigenvalue weighted by atomic mass is 16.3. The number of carbonyl (C=O) groups is 1. The molecule has 1 saturated carbocycles. The Morgan fingerprint density at radius 1 is 1.28 bits per heavy atom. The van der Waals surface area contributed by atoms with E-state index in [1.165, 1.54) is 12.8 Å². The van der Waals surface area contributed by atoms with E-state index in [1.807, 2.05) is 20.9 Å². The molecular formula is C14H28N2O2. The molecule has 4 heteroatoms. The van der Waals surface area contributed by atoms with Crippen LogP contribution >= 0.6 is 0 Å². The van der Waals surface area contributed by atoms with Crippen LogP contribution in [0.3, 0.4) is 0 Å². The Balaban J connectivity index is 2.29. The zero-order valence-corrected chi connectivity index (χ0v) is 12.0. The van der Waals surface area contributed by atoms with E-state index in [0.717, 1.165) is 25.7 Å². The Hall–Kier alpha value is -0.610. The highest BCUT2D eigenvalue weighted by Gasteiger charge is 2.27. The molecule has 1 aliphatic rings. The fourth-order valence-corrected chi connectivity index (χ4v) is 2.38. The van der Waals surface area contributed by atoms with Crippen molar-refractivity contribution >= 4 is 5.91 Å². The Kier molecular flexibility index (Phi) is 6.09. The fraction of sp³-hybridized carbons (Fsp3) is 0.929. The van der Waals surface area contributed by atoms with E-state index in [9.17, 15) is 9.90 Å². The third-order valence-corrected chi connectivity index (χ3v) is 3.93. The van der Waals surface area contributed by atoms with Crippen molar-refractivity contribution in [2.75, 3.05) is 20.1 Å². The molecule has 18 heavy (non-hydrogen) atoms. The number of amides is 1. The summed E-state index contributed by atoms with van der Waals surface area (Å²) in [6.45, 7) is 4.84. The van der Waals surface area contributed by atoms with E-state index in [2.05, 4.69) is 5.32 Å². The van der Waals surface area contributed by atoms with Gasteiger partial charge in [-0.05, 0) is 26.7 Å². The van der Waals surface area contributed by atoms with Crippen LogP contribution in [0.15, 0.2) is 0 Å². The summed E-state index contributed by atoms with van der Waals surface area (Å²) in [5.74, 6) is 0.0854. The first-order valence-corrected chi connectivity index (χ1v) is 7.13. The predicted molar refractivity (Wildman–Crippen MR) is 73.4 cm³/mol. The van der Waals surface area contributed by atoms with E-state index in [0.29, 0.717) is 13.1 Å². The molecule has 0 saturated heterocycles. The molecule has 0 aromatic heterocycles. The minimum Gasteiger partial charge on any atom is -0.389 e. The zero-order chi connectivity index (χ0) is 13.6. The number of hydrogen-bond donors (Lipinski definition) is 2. The van der Waals surface area contributed by atoms with Gasteiger partial charge >= 0.3 is 0 Å². The monoisotopic (exact) mass is 256 g/mol. The molecule has 0 bridgehead atoms. The van der Waals surface area contributed by atoms with Gasteiger partial charge in [-0.3, -0.25) is 4.79 Å². The average Bonchev–Trinajstić information content (AvgIpc) is 2.53. The van der Waals surface area contributed by atoms with Crippen molar-refractivity contribution in [3.05, 3.63) is 0 Å². The maximum absolute atomic E-state index is 11.8. The first-order chi connectivity index (χ1) is 8.44. The molecule has 0 aliphatic heterocycles. The number of hydrogen-bond acceptors (Lipinski definition) is 3. The molecule has 1 fully saturated rings. The molecular weight excluding hydrogens is 228 g/mol. The maximum atomic E-state index is 11.8. The van der Waals surface area contributed by atoms with Gasteiger partial charge in [-0.25, -0.2) is 0 Å². The molecule has 1 amide bonds. The Morgan fingerprint density at radius 3 is 2.33 bits per heavy atom. The summed E-state index contributed by atoms with van der Waals surface area (Å²) in [6, 6.07) is 0.222. The standard InChI is InChI=1S/C14H28N2O2/c1-12(2)16(3)13(17)10-15-11-14(18)8-6-4-5-7-9-14/h12,15,18H,4-11H2,1-3H3. The molecule has 1 rings (SSSR count). The number of nitrogens with zero attached hydrogens (tertiary/aromatic N) is 1. The lowest BCUT2D eigenvalue weighted by Crippen LogP contribution is -2.45. The van der Waals surface area contributed by atoms with Crippen molar-refractivity contribution in [2.45, 2.75) is 64.0 Å². The number of nitrogens with one attached hydrogen (secondary N) is 1. The molecule has 2 N–H and O–H groups in total. The van der Waals surface area contributed by atoms with Gasteiger partial charge in [0.1, 0.15) is 0 Å². The highest BCUT2D eigenvalue weighted by molar-refractivity contribution is 5.78. The van der Waals surface area contributed by atoms with Crippen LogP contribution in [-0.4, -0.2) is 47.7 Å². The van der Waals surface area contributed by atoms with Crippen molar-refractivity contribution in [1.82, 2.24) is 10.2 Å². The Morgan fingerprint density at radius 2 is 1.83 bits per heavy atom. The van der Waals surface area contributed by atoms with E-state index in [4.69, 9.17) is 0 Å². The molecule has 0 radical (unpaired) electrons. The van der Waals surface area contributed by atoms with Crippen molar-refractivity contribution in [3.63, 3.8) is 0 Å².